The molecule has 0 saturated carbocycles. The summed E-state index contributed by atoms with van der Waals surface area (Å²) < 4.78 is 48.0. The molecule has 0 aromatic heterocycles. The van der Waals surface area contributed by atoms with Crippen molar-refractivity contribution in [2.24, 2.45) is 5.73 Å². The molecular weight excluding hydrogens is 203 g/mol. The Bertz CT molecular complexity index is 181. The Morgan fingerprint density at radius 3 is 2.08 bits per heavy atom. The largest absolute Gasteiger partial charge is 0.403 e. The van der Waals surface area contributed by atoms with Crippen LogP contribution >= 0.6 is 0 Å². The van der Waals surface area contributed by atoms with Gasteiger partial charge in [0.05, 0.1) is 0 Å². The van der Waals surface area contributed by atoms with Gasteiger partial charge in [-0.1, -0.05) is 13.8 Å². The highest BCUT2D eigenvalue weighted by Crippen LogP contribution is 2.28. The van der Waals surface area contributed by atoms with Gasteiger partial charge in [0.15, 0.2) is 0 Å². The lowest BCUT2D eigenvalue weighted by molar-refractivity contribution is -0.130. The smallest absolute Gasteiger partial charge is 0.330 e. The maximum atomic E-state index is 12.3. The van der Waals surface area contributed by atoms with Gasteiger partial charge in [0.2, 0.25) is 0 Å². The van der Waals surface area contributed by atoms with Crippen LogP contribution in [0.1, 0.15) is 20.3 Å². The lowest BCUT2D eigenvalue weighted by Gasteiger charge is -2.20. The van der Waals surface area contributed by atoms with Gasteiger partial charge in [0, 0.05) is 16.0 Å². The topological polar surface area (TPSA) is 43.1 Å². The second kappa shape index (κ2) is 4.95. The van der Waals surface area contributed by atoms with Crippen LogP contribution in [0.2, 0.25) is 0 Å². The van der Waals surface area contributed by atoms with E-state index < -0.39 is 27.5 Å². The summed E-state index contributed by atoms with van der Waals surface area (Å²) in [5.41, 5.74) is 5.03. The molecule has 0 heterocycles. The first kappa shape index (κ1) is 12.9. The normalized spacial score (nSPS) is 17.5. The molecule has 6 heteroatoms. The standard InChI is InChI=1S/C7H14F3NOS/c1-5(2)13(12)6(3-4-11)7(8,9)10/h5-6H,3-4,11H2,1-2H3. The van der Waals surface area contributed by atoms with E-state index in [9.17, 15) is 17.4 Å². The summed E-state index contributed by atoms with van der Waals surface area (Å²) in [5, 5.41) is -2.27. The average Bonchev–Trinajstić information content (AvgIpc) is 1.96. The van der Waals surface area contributed by atoms with E-state index in [0.717, 1.165) is 0 Å². The van der Waals surface area contributed by atoms with Crippen molar-refractivity contribution in [3.05, 3.63) is 0 Å². The van der Waals surface area contributed by atoms with E-state index >= 15 is 0 Å². The van der Waals surface area contributed by atoms with Gasteiger partial charge in [-0.3, -0.25) is 4.21 Å². The summed E-state index contributed by atoms with van der Waals surface area (Å²) in [6.07, 6.45) is -4.68. The minimum atomic E-state index is -4.41. The SMILES string of the molecule is CC(C)S(=O)C(CCN)C(F)(F)F. The van der Waals surface area contributed by atoms with Crippen LogP contribution in [-0.2, 0) is 10.8 Å². The molecule has 0 amide bonds. The number of hydrogen-bond donors (Lipinski definition) is 1. The fourth-order valence-corrected chi connectivity index (χ4v) is 2.18. The summed E-state index contributed by atoms with van der Waals surface area (Å²) in [7, 11) is -1.88. The third-order valence-electron chi connectivity index (χ3n) is 1.54. The third kappa shape index (κ3) is 4.08. The summed E-state index contributed by atoms with van der Waals surface area (Å²) in [5.74, 6) is 0. The zero-order valence-electron chi connectivity index (χ0n) is 7.60. The molecular formula is C7H14F3NOS. The van der Waals surface area contributed by atoms with Gasteiger partial charge in [-0.2, -0.15) is 13.2 Å². The molecule has 2 nitrogen and oxygen atoms in total. The Hall–Kier alpha value is -0.100. The molecule has 0 bridgehead atoms. The van der Waals surface area contributed by atoms with Gasteiger partial charge in [0.25, 0.3) is 0 Å². The number of rotatable bonds is 4. The third-order valence-corrected chi connectivity index (χ3v) is 3.53. The minimum absolute atomic E-state index is 0.0946. The van der Waals surface area contributed by atoms with Gasteiger partial charge in [-0.15, -0.1) is 0 Å². The predicted molar refractivity (Wildman–Crippen MR) is 46.8 cm³/mol. The fraction of sp³-hybridized carbons (Fsp3) is 1.00. The lowest BCUT2D eigenvalue weighted by Crippen LogP contribution is -2.37. The molecule has 0 aliphatic rings. The van der Waals surface area contributed by atoms with Gasteiger partial charge in [-0.05, 0) is 13.0 Å². The van der Waals surface area contributed by atoms with E-state index in [2.05, 4.69) is 0 Å². The molecule has 0 radical (unpaired) electrons. The minimum Gasteiger partial charge on any atom is -0.330 e. The van der Waals surface area contributed by atoms with Gasteiger partial charge in [-0.25, -0.2) is 0 Å². The van der Waals surface area contributed by atoms with Crippen molar-refractivity contribution in [3.63, 3.8) is 0 Å². The van der Waals surface area contributed by atoms with Gasteiger partial charge < -0.3 is 5.73 Å². The maximum absolute atomic E-state index is 12.3. The van der Waals surface area contributed by atoms with Crippen LogP contribution in [0.3, 0.4) is 0 Å². The number of alkyl halides is 3. The van der Waals surface area contributed by atoms with Crippen molar-refractivity contribution in [3.8, 4) is 0 Å². The molecule has 80 valence electrons. The second-order valence-electron chi connectivity index (χ2n) is 2.98. The van der Waals surface area contributed by atoms with E-state index in [4.69, 9.17) is 5.73 Å². The van der Waals surface area contributed by atoms with Crippen LogP contribution in [0.4, 0.5) is 13.2 Å². The molecule has 2 atom stereocenters. The van der Waals surface area contributed by atoms with Crippen molar-refractivity contribution >= 4 is 10.8 Å². The van der Waals surface area contributed by atoms with Crippen LogP contribution in [0, 0.1) is 0 Å². The Morgan fingerprint density at radius 1 is 1.38 bits per heavy atom. The van der Waals surface area contributed by atoms with E-state index in [0.29, 0.717) is 0 Å². The molecule has 0 aliphatic heterocycles. The molecule has 2 N–H and O–H groups in total. The lowest BCUT2D eigenvalue weighted by atomic mass is 10.3. The molecule has 0 saturated heterocycles. The summed E-state index contributed by atoms with van der Waals surface area (Å²) in [6.45, 7) is 2.92. The Labute approximate surface area is 78.1 Å². The second-order valence-corrected chi connectivity index (χ2v) is 5.15. The molecule has 0 spiro atoms. The van der Waals surface area contributed by atoms with Crippen LogP contribution in [0.5, 0.6) is 0 Å². The number of halogens is 3. The highest BCUT2D eigenvalue weighted by atomic mass is 32.2. The zero-order chi connectivity index (χ0) is 10.6. The van der Waals surface area contributed by atoms with Crippen LogP contribution < -0.4 is 5.73 Å². The van der Waals surface area contributed by atoms with Crippen molar-refractivity contribution in [2.45, 2.75) is 36.9 Å². The van der Waals surface area contributed by atoms with E-state index in [1.165, 1.54) is 13.8 Å². The first-order chi connectivity index (χ1) is 5.80. The van der Waals surface area contributed by atoms with E-state index in [-0.39, 0.29) is 13.0 Å². The summed E-state index contributed by atoms with van der Waals surface area (Å²) in [4.78, 5) is 0. The van der Waals surface area contributed by atoms with Crippen molar-refractivity contribution in [1.29, 1.82) is 0 Å². The summed E-state index contributed by atoms with van der Waals surface area (Å²) >= 11 is 0. The highest BCUT2D eigenvalue weighted by molar-refractivity contribution is 7.86. The molecule has 0 fully saturated rings. The average molecular weight is 217 g/mol. The Kier molecular flexibility index (Phi) is 4.91. The van der Waals surface area contributed by atoms with Crippen LogP contribution in [0.15, 0.2) is 0 Å². The first-order valence-corrected chi connectivity index (χ1v) is 5.24. The van der Waals surface area contributed by atoms with E-state index in [1.54, 1.807) is 0 Å². The Balaban J connectivity index is 4.52. The van der Waals surface area contributed by atoms with Gasteiger partial charge >= 0.3 is 6.18 Å². The molecule has 13 heavy (non-hydrogen) atoms. The quantitative estimate of drug-likeness (QED) is 0.774. The van der Waals surface area contributed by atoms with Crippen molar-refractivity contribution in [2.75, 3.05) is 6.54 Å². The monoisotopic (exact) mass is 217 g/mol. The van der Waals surface area contributed by atoms with Crippen LogP contribution in [0.25, 0.3) is 0 Å². The zero-order valence-corrected chi connectivity index (χ0v) is 8.41. The maximum Gasteiger partial charge on any atom is 0.403 e. The predicted octanol–water partition coefficient (Wildman–Crippen LogP) is 1.42. The first-order valence-electron chi connectivity index (χ1n) is 3.96. The number of nitrogens with two attached hydrogens (primary N) is 1. The van der Waals surface area contributed by atoms with Crippen molar-refractivity contribution in [1.82, 2.24) is 0 Å². The molecule has 0 aromatic rings. The van der Waals surface area contributed by atoms with Crippen LogP contribution in [-0.4, -0.2) is 27.4 Å². The number of hydrogen-bond acceptors (Lipinski definition) is 2. The molecule has 2 unspecified atom stereocenters. The van der Waals surface area contributed by atoms with Gasteiger partial charge in [0.1, 0.15) is 5.25 Å². The fourth-order valence-electron chi connectivity index (χ4n) is 0.891. The summed E-state index contributed by atoms with van der Waals surface area (Å²) in [6, 6.07) is 0. The van der Waals surface area contributed by atoms with E-state index in [1.807, 2.05) is 0 Å². The molecule has 0 aromatic carbocycles. The Morgan fingerprint density at radius 2 is 1.85 bits per heavy atom. The molecule has 0 aliphatic carbocycles. The highest BCUT2D eigenvalue weighted by Gasteiger charge is 2.43. The molecule has 0 rings (SSSR count). The van der Waals surface area contributed by atoms with Crippen molar-refractivity contribution < 1.29 is 17.4 Å².